The molecule has 0 saturated carbocycles. The SMILES string of the molecule is CC.ClC(Cl)(Cl)c1ccccc1. The van der Waals surface area contributed by atoms with Gasteiger partial charge in [-0.1, -0.05) is 79.0 Å². The highest BCUT2D eigenvalue weighted by Gasteiger charge is 2.21. The molecule has 0 unspecified atom stereocenters. The zero-order valence-corrected chi connectivity index (χ0v) is 9.29. The van der Waals surface area contributed by atoms with Gasteiger partial charge in [0, 0.05) is 5.56 Å². The highest BCUT2D eigenvalue weighted by Crippen LogP contribution is 2.37. The molecule has 1 aromatic rings. The molecule has 0 radical (unpaired) electrons. The van der Waals surface area contributed by atoms with Gasteiger partial charge in [-0.15, -0.1) is 0 Å². The molecule has 0 heterocycles. The number of rotatable bonds is 0. The molecule has 3 heteroatoms. The van der Waals surface area contributed by atoms with Crippen molar-refractivity contribution in [2.75, 3.05) is 0 Å². The van der Waals surface area contributed by atoms with Gasteiger partial charge in [-0.05, 0) is 0 Å². The van der Waals surface area contributed by atoms with Gasteiger partial charge in [-0.3, -0.25) is 0 Å². The Morgan fingerprint density at radius 2 is 1.33 bits per heavy atom. The highest BCUT2D eigenvalue weighted by atomic mass is 35.6. The lowest BCUT2D eigenvalue weighted by Crippen LogP contribution is -1.98. The maximum absolute atomic E-state index is 5.59. The standard InChI is InChI=1S/C7H5Cl3.C2H6/c8-7(9,10)6-4-2-1-3-5-6;1-2/h1-5H;1-2H3. The minimum absolute atomic E-state index is 0.694. The lowest BCUT2D eigenvalue weighted by molar-refractivity contribution is 1.24. The van der Waals surface area contributed by atoms with Crippen LogP contribution in [0.5, 0.6) is 0 Å². The molecule has 0 saturated heterocycles. The van der Waals surface area contributed by atoms with Crippen LogP contribution in [0.2, 0.25) is 0 Å². The minimum Gasteiger partial charge on any atom is -0.0784 e. The van der Waals surface area contributed by atoms with Crippen molar-refractivity contribution in [3.05, 3.63) is 35.9 Å². The van der Waals surface area contributed by atoms with Crippen LogP contribution in [0.4, 0.5) is 0 Å². The predicted octanol–water partition coefficient (Wildman–Crippen LogP) is 4.54. The van der Waals surface area contributed by atoms with Crippen molar-refractivity contribution in [1.82, 2.24) is 0 Å². The number of hydrogen-bond acceptors (Lipinski definition) is 0. The number of hydrogen-bond donors (Lipinski definition) is 0. The van der Waals surface area contributed by atoms with Gasteiger partial charge >= 0.3 is 0 Å². The molecular formula is C9H11Cl3. The van der Waals surface area contributed by atoms with Gasteiger partial charge in [0.1, 0.15) is 0 Å². The second kappa shape index (κ2) is 5.69. The zero-order valence-electron chi connectivity index (χ0n) is 7.02. The lowest BCUT2D eigenvalue weighted by Gasteiger charge is -2.09. The number of halogens is 3. The van der Waals surface area contributed by atoms with Crippen LogP contribution < -0.4 is 0 Å². The van der Waals surface area contributed by atoms with E-state index in [1.54, 1.807) is 12.1 Å². The molecule has 0 spiro atoms. The largest absolute Gasteiger partial charge is 0.216 e. The summed E-state index contributed by atoms with van der Waals surface area (Å²) in [5.41, 5.74) is 0.694. The molecule has 1 rings (SSSR count). The quantitative estimate of drug-likeness (QED) is 0.569. The van der Waals surface area contributed by atoms with Crippen LogP contribution in [0.15, 0.2) is 30.3 Å². The third kappa shape index (κ3) is 4.20. The predicted molar refractivity (Wildman–Crippen MR) is 57.0 cm³/mol. The summed E-state index contributed by atoms with van der Waals surface area (Å²) in [7, 11) is 0. The Bertz CT molecular complexity index is 201. The van der Waals surface area contributed by atoms with Gasteiger partial charge in [0.2, 0.25) is 3.79 Å². The van der Waals surface area contributed by atoms with E-state index in [1.165, 1.54) is 0 Å². The summed E-state index contributed by atoms with van der Waals surface area (Å²) in [4.78, 5) is 0. The fraction of sp³-hybridized carbons (Fsp3) is 0.333. The van der Waals surface area contributed by atoms with Gasteiger partial charge in [0.25, 0.3) is 0 Å². The molecule has 0 fully saturated rings. The Morgan fingerprint density at radius 3 is 1.58 bits per heavy atom. The second-order valence-corrected chi connectivity index (χ2v) is 4.15. The third-order valence-corrected chi connectivity index (χ3v) is 1.76. The van der Waals surface area contributed by atoms with Crippen molar-refractivity contribution in [2.24, 2.45) is 0 Å². The Labute approximate surface area is 88.4 Å². The van der Waals surface area contributed by atoms with Crippen molar-refractivity contribution in [1.29, 1.82) is 0 Å². The second-order valence-electron chi connectivity index (χ2n) is 1.86. The molecule has 12 heavy (non-hydrogen) atoms. The lowest BCUT2D eigenvalue weighted by atomic mass is 10.2. The first-order valence-electron chi connectivity index (χ1n) is 3.73. The summed E-state index contributed by atoms with van der Waals surface area (Å²) < 4.78 is -1.29. The summed E-state index contributed by atoms with van der Waals surface area (Å²) in [5, 5.41) is 0. The molecule has 0 bridgehead atoms. The average molecular weight is 226 g/mol. The average Bonchev–Trinajstić information content (AvgIpc) is 2.08. The Morgan fingerprint density at radius 1 is 0.917 bits per heavy atom. The monoisotopic (exact) mass is 224 g/mol. The van der Waals surface area contributed by atoms with E-state index in [0.29, 0.717) is 5.56 Å². The van der Waals surface area contributed by atoms with E-state index in [0.717, 1.165) is 0 Å². The van der Waals surface area contributed by atoms with Crippen molar-refractivity contribution < 1.29 is 0 Å². The molecule has 1 aromatic carbocycles. The highest BCUT2D eigenvalue weighted by molar-refractivity contribution is 6.66. The van der Waals surface area contributed by atoms with E-state index >= 15 is 0 Å². The van der Waals surface area contributed by atoms with E-state index in [2.05, 4.69) is 0 Å². The maximum atomic E-state index is 5.59. The van der Waals surface area contributed by atoms with Crippen molar-refractivity contribution in [3.63, 3.8) is 0 Å². The fourth-order valence-corrected chi connectivity index (χ4v) is 1.01. The number of alkyl halides is 3. The van der Waals surface area contributed by atoms with Crippen LogP contribution >= 0.6 is 34.8 Å². The molecule has 0 aliphatic carbocycles. The van der Waals surface area contributed by atoms with E-state index < -0.39 is 3.79 Å². The summed E-state index contributed by atoms with van der Waals surface area (Å²) in [6.45, 7) is 4.00. The van der Waals surface area contributed by atoms with Crippen molar-refractivity contribution in [3.8, 4) is 0 Å². The zero-order chi connectivity index (χ0) is 9.61. The topological polar surface area (TPSA) is 0 Å². The van der Waals surface area contributed by atoms with Crippen LogP contribution in [0, 0.1) is 0 Å². The molecule has 0 aliphatic heterocycles. The Kier molecular flexibility index (Phi) is 5.73. The smallest absolute Gasteiger partial charge is 0.0784 e. The molecule has 0 N–H and O–H groups in total. The first-order valence-corrected chi connectivity index (χ1v) is 4.86. The van der Waals surface area contributed by atoms with Gasteiger partial charge in [0.15, 0.2) is 0 Å². The number of benzene rings is 1. The van der Waals surface area contributed by atoms with E-state index in [9.17, 15) is 0 Å². The first-order chi connectivity index (χ1) is 5.61. The Balaban J connectivity index is 0.000000561. The summed E-state index contributed by atoms with van der Waals surface area (Å²) in [5.74, 6) is 0. The van der Waals surface area contributed by atoms with Crippen LogP contribution in [-0.4, -0.2) is 0 Å². The molecule has 0 nitrogen and oxygen atoms in total. The summed E-state index contributed by atoms with van der Waals surface area (Å²) >= 11 is 16.8. The Hall–Kier alpha value is 0.0900. The van der Waals surface area contributed by atoms with E-state index in [1.807, 2.05) is 32.0 Å². The van der Waals surface area contributed by atoms with Crippen molar-refractivity contribution in [2.45, 2.75) is 17.6 Å². The van der Waals surface area contributed by atoms with Crippen LogP contribution in [-0.2, 0) is 3.79 Å². The normalized spacial score (nSPS) is 10.1. The van der Waals surface area contributed by atoms with Crippen LogP contribution in [0.1, 0.15) is 19.4 Å². The van der Waals surface area contributed by atoms with Gasteiger partial charge in [0.05, 0.1) is 0 Å². The molecule has 0 aromatic heterocycles. The summed E-state index contributed by atoms with van der Waals surface area (Å²) in [6, 6.07) is 9.08. The van der Waals surface area contributed by atoms with Crippen LogP contribution in [0.3, 0.4) is 0 Å². The maximum Gasteiger partial charge on any atom is 0.216 e. The van der Waals surface area contributed by atoms with Gasteiger partial charge in [-0.25, -0.2) is 0 Å². The van der Waals surface area contributed by atoms with E-state index in [4.69, 9.17) is 34.8 Å². The molecule has 0 atom stereocenters. The third-order valence-electron chi connectivity index (χ3n) is 1.10. The molecule has 0 aliphatic rings. The molecular weight excluding hydrogens is 214 g/mol. The van der Waals surface area contributed by atoms with Crippen LogP contribution in [0.25, 0.3) is 0 Å². The fourth-order valence-electron chi connectivity index (χ4n) is 0.627. The minimum atomic E-state index is -1.29. The summed E-state index contributed by atoms with van der Waals surface area (Å²) in [6.07, 6.45) is 0. The molecule has 68 valence electrons. The van der Waals surface area contributed by atoms with Gasteiger partial charge < -0.3 is 0 Å². The van der Waals surface area contributed by atoms with Gasteiger partial charge in [-0.2, -0.15) is 0 Å². The molecule has 0 amide bonds. The first kappa shape index (κ1) is 12.1. The van der Waals surface area contributed by atoms with Crippen molar-refractivity contribution >= 4 is 34.8 Å². The van der Waals surface area contributed by atoms with E-state index in [-0.39, 0.29) is 0 Å².